The summed E-state index contributed by atoms with van der Waals surface area (Å²) in [5.74, 6) is -3.53. The average molecular weight is 452 g/mol. The Kier molecular flexibility index (Phi) is 4.42. The van der Waals surface area contributed by atoms with E-state index in [-0.39, 0.29) is 24.8 Å². The number of hydrogen-bond donors (Lipinski definition) is 2. The summed E-state index contributed by atoms with van der Waals surface area (Å²) in [7, 11) is 0. The van der Waals surface area contributed by atoms with Gasteiger partial charge in [0.25, 0.3) is 0 Å². The highest BCUT2D eigenvalue weighted by Crippen LogP contribution is 2.72. The van der Waals surface area contributed by atoms with E-state index in [1.165, 1.54) is 19.1 Å². The van der Waals surface area contributed by atoms with E-state index in [9.17, 15) is 19.8 Å². The van der Waals surface area contributed by atoms with Gasteiger partial charge in [0.1, 0.15) is 12.8 Å². The van der Waals surface area contributed by atoms with E-state index in [4.69, 9.17) is 9.47 Å². The second-order valence-corrected chi connectivity index (χ2v) is 11.0. The van der Waals surface area contributed by atoms with Gasteiger partial charge in [0, 0.05) is 16.7 Å². The Morgan fingerprint density at radius 2 is 1.91 bits per heavy atom. The number of allylic oxidation sites excluding steroid dienone is 4. The lowest BCUT2D eigenvalue weighted by Crippen LogP contribution is -2.71. The van der Waals surface area contributed by atoms with Crippen LogP contribution in [-0.2, 0) is 19.1 Å². The lowest BCUT2D eigenvalue weighted by molar-refractivity contribution is -0.248. The molecule has 2 N–H and O–H groups in total. The van der Waals surface area contributed by atoms with Gasteiger partial charge < -0.3 is 19.7 Å². The molecule has 1 aliphatic heterocycles. The van der Waals surface area contributed by atoms with Crippen molar-refractivity contribution in [3.63, 3.8) is 0 Å². The van der Waals surface area contributed by atoms with Crippen LogP contribution in [-0.4, -0.2) is 63.8 Å². The lowest BCUT2D eigenvalue weighted by Gasteiger charge is -2.63. The molecule has 0 aromatic rings. The molecule has 1 saturated heterocycles. The Labute approximate surface area is 185 Å². The molecule has 5 aliphatic rings. The van der Waals surface area contributed by atoms with Crippen LogP contribution in [0.3, 0.4) is 0 Å². The molecule has 0 aromatic heterocycles. The number of ether oxygens (including phenoxy) is 2. The molecule has 32 heavy (non-hydrogen) atoms. The first-order valence-electron chi connectivity index (χ1n) is 11.3. The Morgan fingerprint density at radius 1 is 1.22 bits per heavy atom. The van der Waals surface area contributed by atoms with Gasteiger partial charge in [0.2, 0.25) is 0 Å². The van der Waals surface area contributed by atoms with Crippen LogP contribution in [0.4, 0.5) is 8.78 Å². The second-order valence-electron chi connectivity index (χ2n) is 11.0. The number of rotatable bonds is 2. The zero-order chi connectivity index (χ0) is 23.5. The summed E-state index contributed by atoms with van der Waals surface area (Å²) >= 11 is 0. The maximum absolute atomic E-state index is 17.1. The van der Waals surface area contributed by atoms with Crippen molar-refractivity contribution >= 4 is 11.6 Å². The predicted molar refractivity (Wildman–Crippen MR) is 109 cm³/mol. The minimum absolute atomic E-state index is 0.0550. The molecule has 4 fully saturated rings. The van der Waals surface area contributed by atoms with Crippen LogP contribution in [0.2, 0.25) is 0 Å². The molecule has 3 saturated carbocycles. The SMILES string of the molecule is CC1(C)OC2C[C@H]3[C@@H]4C[C@H](F)C5=CC(=O)C=C[C@]5(C)[C@@]4(F)[C@@H](O)C[C@]3(C)C2(C(=O)CO)O1. The molecular weight excluding hydrogens is 422 g/mol. The number of halogens is 2. The average Bonchev–Trinajstić information content (AvgIpc) is 3.11. The molecule has 5 rings (SSSR count). The number of carbonyl (C=O) groups excluding carboxylic acids is 2. The zero-order valence-electron chi connectivity index (χ0n) is 18.7. The molecule has 9 atom stereocenters. The molecule has 0 aromatic carbocycles. The molecular formula is C24H30F2O6. The standard InChI is InChI=1S/C24H30F2O6/c1-20(2)31-19-9-13-14-8-16(25)15-7-12(28)5-6-21(15,3)23(14,26)17(29)10-22(13,4)24(19,32-20)18(30)11-27/h5-7,13-14,16-17,19,27,29H,8-11H2,1-4H3/t13-,14-,16-,17-,19?,21-,22-,23-,24?/m0/s1. The summed E-state index contributed by atoms with van der Waals surface area (Å²) in [6.07, 6.45) is -0.151. The lowest BCUT2D eigenvalue weighted by atomic mass is 9.44. The van der Waals surface area contributed by atoms with Gasteiger partial charge in [0.05, 0.1) is 12.2 Å². The van der Waals surface area contributed by atoms with Crippen LogP contribution in [0.1, 0.15) is 47.0 Å². The molecule has 6 nitrogen and oxygen atoms in total. The van der Waals surface area contributed by atoms with Crippen LogP contribution in [0.15, 0.2) is 23.8 Å². The van der Waals surface area contributed by atoms with Gasteiger partial charge in [-0.05, 0) is 63.7 Å². The van der Waals surface area contributed by atoms with E-state index in [0.717, 1.165) is 6.08 Å². The maximum atomic E-state index is 17.1. The topological polar surface area (TPSA) is 93.1 Å². The van der Waals surface area contributed by atoms with Crippen LogP contribution < -0.4 is 0 Å². The van der Waals surface area contributed by atoms with Crippen molar-refractivity contribution in [1.82, 2.24) is 0 Å². The van der Waals surface area contributed by atoms with Gasteiger partial charge in [0.15, 0.2) is 28.6 Å². The van der Waals surface area contributed by atoms with Crippen molar-refractivity contribution in [2.45, 2.75) is 82.4 Å². The summed E-state index contributed by atoms with van der Waals surface area (Å²) < 4.78 is 44.8. The Bertz CT molecular complexity index is 960. The molecule has 2 unspecified atom stereocenters. The van der Waals surface area contributed by atoms with Gasteiger partial charge in [-0.3, -0.25) is 9.59 Å². The quantitative estimate of drug-likeness (QED) is 0.668. The normalized spacial score (nSPS) is 53.2. The van der Waals surface area contributed by atoms with Gasteiger partial charge >= 0.3 is 0 Å². The van der Waals surface area contributed by atoms with Crippen LogP contribution in [0.5, 0.6) is 0 Å². The summed E-state index contributed by atoms with van der Waals surface area (Å²) in [5, 5.41) is 21.1. The number of aliphatic hydroxyl groups excluding tert-OH is 2. The van der Waals surface area contributed by atoms with E-state index < -0.39 is 76.3 Å². The van der Waals surface area contributed by atoms with Gasteiger partial charge in [-0.15, -0.1) is 0 Å². The zero-order valence-corrected chi connectivity index (χ0v) is 18.7. The summed E-state index contributed by atoms with van der Waals surface area (Å²) in [5.41, 5.74) is -6.30. The van der Waals surface area contributed by atoms with Crippen molar-refractivity contribution < 1.29 is 38.1 Å². The highest BCUT2D eigenvalue weighted by atomic mass is 19.1. The Balaban J connectivity index is 1.66. The first-order valence-corrected chi connectivity index (χ1v) is 11.3. The Hall–Kier alpha value is -1.48. The highest BCUT2D eigenvalue weighted by Gasteiger charge is 2.80. The second kappa shape index (κ2) is 6.34. The summed E-state index contributed by atoms with van der Waals surface area (Å²) in [6, 6.07) is 0. The molecule has 1 heterocycles. The third-order valence-corrected chi connectivity index (χ3v) is 9.18. The molecule has 0 bridgehead atoms. The molecule has 0 amide bonds. The van der Waals surface area contributed by atoms with Gasteiger partial charge in [-0.1, -0.05) is 13.0 Å². The largest absolute Gasteiger partial charge is 0.390 e. The monoisotopic (exact) mass is 452 g/mol. The number of hydrogen-bond acceptors (Lipinski definition) is 6. The fourth-order valence-corrected chi connectivity index (χ4v) is 7.92. The summed E-state index contributed by atoms with van der Waals surface area (Å²) in [6.45, 7) is 5.87. The predicted octanol–water partition coefficient (Wildman–Crippen LogP) is 2.37. The molecule has 0 spiro atoms. The van der Waals surface area contributed by atoms with E-state index in [1.807, 2.05) is 0 Å². The first-order chi connectivity index (χ1) is 14.8. The smallest absolute Gasteiger partial charge is 0.193 e. The number of ketones is 2. The summed E-state index contributed by atoms with van der Waals surface area (Å²) in [4.78, 5) is 25.1. The number of Topliss-reactive ketones (excluding diaryl/α,β-unsaturated/α-hetero) is 1. The van der Waals surface area contributed by atoms with Gasteiger partial charge in [-0.25, -0.2) is 8.78 Å². The Morgan fingerprint density at radius 3 is 2.56 bits per heavy atom. The maximum Gasteiger partial charge on any atom is 0.193 e. The van der Waals surface area contributed by atoms with Crippen molar-refractivity contribution in [1.29, 1.82) is 0 Å². The molecule has 176 valence electrons. The van der Waals surface area contributed by atoms with Crippen molar-refractivity contribution in [2.24, 2.45) is 22.7 Å². The highest BCUT2D eigenvalue weighted by molar-refractivity contribution is 6.01. The van der Waals surface area contributed by atoms with E-state index in [1.54, 1.807) is 20.8 Å². The number of aliphatic hydroxyl groups is 2. The van der Waals surface area contributed by atoms with E-state index in [2.05, 4.69) is 0 Å². The minimum atomic E-state index is -2.24. The van der Waals surface area contributed by atoms with E-state index >= 15 is 8.78 Å². The third kappa shape index (κ3) is 2.32. The van der Waals surface area contributed by atoms with Gasteiger partial charge in [-0.2, -0.15) is 0 Å². The molecule has 8 heteroatoms. The first kappa shape index (κ1) is 22.3. The van der Waals surface area contributed by atoms with Crippen LogP contribution >= 0.6 is 0 Å². The van der Waals surface area contributed by atoms with Crippen LogP contribution in [0, 0.1) is 22.7 Å². The van der Waals surface area contributed by atoms with Crippen molar-refractivity contribution in [3.8, 4) is 0 Å². The minimum Gasteiger partial charge on any atom is -0.390 e. The van der Waals surface area contributed by atoms with Crippen molar-refractivity contribution in [3.05, 3.63) is 23.8 Å². The molecule has 0 radical (unpaired) electrons. The number of carbonyl (C=O) groups is 2. The van der Waals surface area contributed by atoms with Crippen LogP contribution in [0.25, 0.3) is 0 Å². The van der Waals surface area contributed by atoms with Crippen molar-refractivity contribution in [2.75, 3.05) is 6.61 Å². The van der Waals surface area contributed by atoms with E-state index in [0.29, 0.717) is 0 Å². The number of alkyl halides is 2. The third-order valence-electron chi connectivity index (χ3n) is 9.18. The molecule has 4 aliphatic carbocycles. The fourth-order valence-electron chi connectivity index (χ4n) is 7.92. The fraction of sp³-hybridized carbons (Fsp3) is 0.750. The number of fused-ring (bicyclic) bond motifs is 7.